The fourth-order valence-electron chi connectivity index (χ4n) is 7.67. The monoisotopic (exact) mass is 653 g/mol. The van der Waals surface area contributed by atoms with Crippen LogP contribution in [0.3, 0.4) is 0 Å². The van der Waals surface area contributed by atoms with Crippen LogP contribution in [0.2, 0.25) is 0 Å². The molecule has 0 spiro atoms. The van der Waals surface area contributed by atoms with Crippen LogP contribution in [0.15, 0.2) is 174 Å². The maximum atomic E-state index is 6.84. The van der Waals surface area contributed by atoms with Crippen molar-refractivity contribution in [3.05, 3.63) is 193 Å². The van der Waals surface area contributed by atoms with Gasteiger partial charge in [0.15, 0.2) is 17.5 Å². The number of benzene rings is 7. The number of allylic oxidation sites excluding steroid dienone is 1. The molecule has 9 aromatic rings. The molecule has 4 nitrogen and oxygen atoms in total. The second-order valence-electron chi connectivity index (χ2n) is 13.1. The van der Waals surface area contributed by atoms with Gasteiger partial charge in [0.25, 0.3) is 0 Å². The Morgan fingerprint density at radius 2 is 1.10 bits per heavy atom. The summed E-state index contributed by atoms with van der Waals surface area (Å²) in [6, 6.07) is 57.2. The van der Waals surface area contributed by atoms with Crippen molar-refractivity contribution in [2.45, 2.75) is 12.3 Å². The lowest BCUT2D eigenvalue weighted by Crippen LogP contribution is -2.11. The van der Waals surface area contributed by atoms with Gasteiger partial charge in [0, 0.05) is 33.6 Å². The summed E-state index contributed by atoms with van der Waals surface area (Å²) in [6.07, 6.45) is 3.05. The van der Waals surface area contributed by atoms with Crippen molar-refractivity contribution >= 4 is 38.1 Å². The molecule has 0 saturated heterocycles. The summed E-state index contributed by atoms with van der Waals surface area (Å²) in [6.45, 7) is 0. The Balaban J connectivity index is 1.17. The molecule has 0 N–H and O–H groups in total. The number of nitrogens with zero attached hydrogens (tertiary/aromatic N) is 3. The second-order valence-corrected chi connectivity index (χ2v) is 13.1. The zero-order valence-electron chi connectivity index (χ0n) is 27.7. The van der Waals surface area contributed by atoms with Crippen molar-refractivity contribution in [2.75, 3.05) is 0 Å². The lowest BCUT2D eigenvalue weighted by Gasteiger charge is -2.24. The molecule has 51 heavy (non-hydrogen) atoms. The lowest BCUT2D eigenvalue weighted by atomic mass is 9.80. The highest BCUT2D eigenvalue weighted by atomic mass is 16.3. The summed E-state index contributed by atoms with van der Waals surface area (Å²) in [5.41, 5.74) is 8.46. The van der Waals surface area contributed by atoms with Crippen LogP contribution in [-0.2, 0) is 0 Å². The van der Waals surface area contributed by atoms with E-state index in [2.05, 4.69) is 146 Å². The van der Waals surface area contributed by atoms with Crippen LogP contribution in [0.5, 0.6) is 0 Å². The Labute approximate surface area is 295 Å². The Hall–Kier alpha value is -6.65. The Kier molecular flexibility index (Phi) is 6.91. The number of aromatic nitrogens is 3. The van der Waals surface area contributed by atoms with Crippen molar-refractivity contribution in [2.24, 2.45) is 0 Å². The van der Waals surface area contributed by atoms with E-state index in [1.165, 1.54) is 32.8 Å². The van der Waals surface area contributed by atoms with Crippen LogP contribution >= 0.6 is 0 Å². The van der Waals surface area contributed by atoms with Gasteiger partial charge in [0.1, 0.15) is 11.3 Å². The van der Waals surface area contributed by atoms with Crippen molar-refractivity contribution in [1.29, 1.82) is 0 Å². The summed E-state index contributed by atoms with van der Waals surface area (Å²) < 4.78 is 6.84. The van der Waals surface area contributed by atoms with Crippen molar-refractivity contribution in [3.63, 3.8) is 0 Å². The molecule has 0 fully saturated rings. The number of furan rings is 1. The number of hydrogen-bond acceptors (Lipinski definition) is 4. The quantitative estimate of drug-likeness (QED) is 0.185. The van der Waals surface area contributed by atoms with E-state index >= 15 is 0 Å². The minimum absolute atomic E-state index is 0.0151. The molecule has 0 radical (unpaired) electrons. The van der Waals surface area contributed by atoms with Gasteiger partial charge in [0.2, 0.25) is 0 Å². The van der Waals surface area contributed by atoms with Crippen molar-refractivity contribution in [3.8, 4) is 33.9 Å². The first-order valence-electron chi connectivity index (χ1n) is 17.4. The molecule has 10 rings (SSSR count). The van der Waals surface area contributed by atoms with Gasteiger partial charge in [-0.2, -0.15) is 0 Å². The van der Waals surface area contributed by atoms with E-state index in [4.69, 9.17) is 19.4 Å². The molecule has 1 atom stereocenters. The normalized spacial score (nSPS) is 14.1. The molecule has 1 aliphatic carbocycles. The SMILES string of the molecule is C1=C(c2nc(-c3ccccc3)nc(-c3ccc4ccccc4c3)n2)c2c(oc3ccccc23)C(c2ccc(-c3ccccc3)c3ccccc23)C1. The minimum atomic E-state index is 0.0151. The molecule has 2 aromatic heterocycles. The van der Waals surface area contributed by atoms with Crippen molar-refractivity contribution in [1.82, 2.24) is 15.0 Å². The van der Waals surface area contributed by atoms with E-state index in [-0.39, 0.29) is 5.92 Å². The minimum Gasteiger partial charge on any atom is -0.460 e. The lowest BCUT2D eigenvalue weighted by molar-refractivity contribution is 0.517. The molecule has 240 valence electrons. The van der Waals surface area contributed by atoms with Gasteiger partial charge in [-0.15, -0.1) is 0 Å². The first-order chi connectivity index (χ1) is 25.3. The van der Waals surface area contributed by atoms with Crippen LogP contribution < -0.4 is 0 Å². The molecule has 2 heterocycles. The average Bonchev–Trinajstić information content (AvgIpc) is 3.60. The van der Waals surface area contributed by atoms with E-state index in [0.29, 0.717) is 17.5 Å². The first kappa shape index (κ1) is 29.3. The Bertz CT molecular complexity index is 2780. The summed E-state index contributed by atoms with van der Waals surface area (Å²) >= 11 is 0. The number of hydrogen-bond donors (Lipinski definition) is 0. The molecular weight excluding hydrogens is 623 g/mol. The van der Waals surface area contributed by atoms with Crippen molar-refractivity contribution < 1.29 is 4.42 Å². The molecule has 4 heteroatoms. The largest absolute Gasteiger partial charge is 0.460 e. The van der Waals surface area contributed by atoms with Gasteiger partial charge in [-0.3, -0.25) is 0 Å². The summed E-state index contributed by atoms with van der Waals surface area (Å²) in [4.78, 5) is 15.4. The second kappa shape index (κ2) is 12.0. The first-order valence-corrected chi connectivity index (χ1v) is 17.4. The highest BCUT2D eigenvalue weighted by Crippen LogP contribution is 2.48. The van der Waals surface area contributed by atoms with E-state index in [1.807, 2.05) is 24.3 Å². The van der Waals surface area contributed by atoms with Gasteiger partial charge in [-0.05, 0) is 56.8 Å². The fraction of sp³-hybridized carbons (Fsp3) is 0.0426. The van der Waals surface area contributed by atoms with Crippen LogP contribution in [0.4, 0.5) is 0 Å². The maximum absolute atomic E-state index is 6.84. The average molecular weight is 654 g/mol. The molecule has 7 aromatic carbocycles. The fourth-order valence-corrected chi connectivity index (χ4v) is 7.67. The molecule has 0 bridgehead atoms. The predicted octanol–water partition coefficient (Wildman–Crippen LogP) is 11.9. The topological polar surface area (TPSA) is 51.8 Å². The van der Waals surface area contributed by atoms with Gasteiger partial charge in [0.05, 0.1) is 0 Å². The smallest absolute Gasteiger partial charge is 0.164 e. The van der Waals surface area contributed by atoms with Crippen LogP contribution in [0.1, 0.15) is 35.1 Å². The van der Waals surface area contributed by atoms with Gasteiger partial charge in [-0.25, -0.2) is 15.0 Å². The molecule has 0 saturated carbocycles. The summed E-state index contributed by atoms with van der Waals surface area (Å²) in [5.74, 6) is 2.89. The third-order valence-electron chi connectivity index (χ3n) is 10.1. The van der Waals surface area contributed by atoms with Gasteiger partial charge < -0.3 is 4.42 Å². The standard InChI is InChI=1S/C47H31N3O/c1-3-14-31(15-4-1)35-25-26-38(37-20-10-9-19-36(35)37)39-27-28-41(43-40-21-11-12-22-42(40)51-44(39)43)47-49-45(32-16-5-2-6-17-32)48-46(50-47)34-24-23-30-13-7-8-18-33(30)29-34/h1-26,28-29,39H,27H2. The molecule has 0 aliphatic heterocycles. The van der Waals surface area contributed by atoms with Crippen LogP contribution in [0.25, 0.3) is 72.0 Å². The third kappa shape index (κ3) is 5.03. The third-order valence-corrected chi connectivity index (χ3v) is 10.1. The summed E-state index contributed by atoms with van der Waals surface area (Å²) in [5, 5.41) is 5.85. The number of para-hydroxylation sites is 1. The van der Waals surface area contributed by atoms with E-state index < -0.39 is 0 Å². The number of fused-ring (bicyclic) bond motifs is 5. The zero-order valence-corrected chi connectivity index (χ0v) is 27.7. The summed E-state index contributed by atoms with van der Waals surface area (Å²) in [7, 11) is 0. The Morgan fingerprint density at radius 3 is 1.90 bits per heavy atom. The van der Waals surface area contributed by atoms with Gasteiger partial charge in [-0.1, -0.05) is 158 Å². The van der Waals surface area contributed by atoms with E-state index in [0.717, 1.165) is 50.8 Å². The number of rotatable bonds is 5. The highest BCUT2D eigenvalue weighted by molar-refractivity contribution is 6.01. The zero-order chi connectivity index (χ0) is 33.7. The van der Waals surface area contributed by atoms with Crippen LogP contribution in [-0.4, -0.2) is 15.0 Å². The highest BCUT2D eigenvalue weighted by Gasteiger charge is 2.32. The maximum Gasteiger partial charge on any atom is 0.164 e. The molecule has 1 aliphatic rings. The van der Waals surface area contributed by atoms with Crippen LogP contribution in [0, 0.1) is 0 Å². The van der Waals surface area contributed by atoms with E-state index in [1.54, 1.807) is 0 Å². The molecular formula is C47H31N3O. The van der Waals surface area contributed by atoms with Gasteiger partial charge >= 0.3 is 0 Å². The van der Waals surface area contributed by atoms with E-state index in [9.17, 15) is 0 Å². The molecule has 0 amide bonds. The predicted molar refractivity (Wildman–Crippen MR) is 207 cm³/mol. The molecule has 1 unspecified atom stereocenters. The Morgan fingerprint density at radius 1 is 0.471 bits per heavy atom.